The van der Waals surface area contributed by atoms with Crippen LogP contribution in [0.15, 0.2) is 36.4 Å². The van der Waals surface area contributed by atoms with Crippen LogP contribution in [0.2, 0.25) is 0 Å². The standard InChI is InChI=1S/C33H43N5O6/c1-19(2)28-29(39)34-20(3)30(40)38-15-6-7-26(37-38)31(41)44-21(4)25-11-10-23-9-8-22(17-27(23)35-25)12-14-33(5,32(42)36-28)24-13-16-43-18-24/h8-12,14,17,19-21,24,26,28,37H,6-7,13,15-16,18H2,1-5H3,(H,34,39)(H,36,42)/b14-12+/t20-,21+,24?,26-,28?,33?/m0/s1. The predicted octanol–water partition coefficient (Wildman–Crippen LogP) is 3.05. The summed E-state index contributed by atoms with van der Waals surface area (Å²) >= 11 is 0. The zero-order valence-electron chi connectivity index (χ0n) is 26.1. The zero-order valence-corrected chi connectivity index (χ0v) is 26.1. The highest BCUT2D eigenvalue weighted by molar-refractivity contribution is 5.94. The Morgan fingerprint density at radius 2 is 1.82 bits per heavy atom. The number of hydrogen-bond acceptors (Lipinski definition) is 8. The van der Waals surface area contributed by atoms with Gasteiger partial charge in [0.15, 0.2) is 0 Å². The van der Waals surface area contributed by atoms with Crippen LogP contribution in [-0.2, 0) is 28.7 Å². The van der Waals surface area contributed by atoms with E-state index in [1.165, 1.54) is 5.01 Å². The lowest BCUT2D eigenvalue weighted by Crippen LogP contribution is -2.61. The number of hydrazine groups is 1. The van der Waals surface area contributed by atoms with Gasteiger partial charge in [-0.2, -0.15) is 0 Å². The lowest BCUT2D eigenvalue weighted by Gasteiger charge is -2.35. The molecule has 3 unspecified atom stereocenters. The highest BCUT2D eigenvalue weighted by atomic mass is 16.5. The van der Waals surface area contributed by atoms with Crippen molar-refractivity contribution in [3.63, 3.8) is 0 Å². The van der Waals surface area contributed by atoms with Crippen molar-refractivity contribution in [2.45, 2.75) is 78.1 Å². The number of hydrogen-bond donors (Lipinski definition) is 3. The molecule has 5 bridgehead atoms. The maximum absolute atomic E-state index is 14.0. The summed E-state index contributed by atoms with van der Waals surface area (Å²) in [5.74, 6) is -1.93. The van der Waals surface area contributed by atoms with E-state index in [2.05, 4.69) is 16.1 Å². The molecular weight excluding hydrogens is 562 g/mol. The van der Waals surface area contributed by atoms with Crippen LogP contribution in [0.4, 0.5) is 0 Å². The van der Waals surface area contributed by atoms with Crippen LogP contribution in [0, 0.1) is 17.3 Å². The molecule has 2 fully saturated rings. The molecule has 3 N–H and O–H groups in total. The summed E-state index contributed by atoms with van der Waals surface area (Å²) in [4.78, 5) is 58.8. The summed E-state index contributed by atoms with van der Waals surface area (Å²) < 4.78 is 11.5. The first-order valence-electron chi connectivity index (χ1n) is 15.5. The smallest absolute Gasteiger partial charge is 0.325 e. The molecule has 236 valence electrons. The molecule has 6 atom stereocenters. The number of aromatic nitrogens is 1. The van der Waals surface area contributed by atoms with Crippen LogP contribution in [-0.4, -0.2) is 71.6 Å². The Kier molecular flexibility index (Phi) is 9.36. The second-order valence-corrected chi connectivity index (χ2v) is 12.7. The molecule has 0 saturated carbocycles. The molecule has 11 nitrogen and oxygen atoms in total. The third kappa shape index (κ3) is 6.63. The molecule has 2 saturated heterocycles. The molecule has 0 aliphatic carbocycles. The molecule has 2 aromatic rings. The number of nitrogens with one attached hydrogen (secondary N) is 3. The summed E-state index contributed by atoms with van der Waals surface area (Å²) in [6.45, 7) is 10.3. The molecule has 1 aromatic heterocycles. The molecule has 44 heavy (non-hydrogen) atoms. The van der Waals surface area contributed by atoms with E-state index in [0.29, 0.717) is 44.7 Å². The van der Waals surface area contributed by atoms with Crippen molar-refractivity contribution >= 4 is 40.7 Å². The zero-order chi connectivity index (χ0) is 31.6. The number of carbonyl (C=O) groups is 4. The first-order valence-corrected chi connectivity index (χ1v) is 15.5. The highest BCUT2D eigenvalue weighted by Crippen LogP contribution is 2.37. The number of amides is 3. The monoisotopic (exact) mass is 605 g/mol. The second kappa shape index (κ2) is 13.0. The summed E-state index contributed by atoms with van der Waals surface area (Å²) in [6, 6.07) is 7.16. The van der Waals surface area contributed by atoms with Crippen molar-refractivity contribution in [1.82, 2.24) is 26.1 Å². The molecule has 3 aliphatic heterocycles. The van der Waals surface area contributed by atoms with Gasteiger partial charge in [0.25, 0.3) is 5.91 Å². The number of benzene rings is 1. The fourth-order valence-electron chi connectivity index (χ4n) is 6.02. The Balaban J connectivity index is 1.54. The third-order valence-electron chi connectivity index (χ3n) is 9.04. The van der Waals surface area contributed by atoms with Gasteiger partial charge in [0.05, 0.1) is 23.2 Å². The molecule has 1 aromatic carbocycles. The fourth-order valence-corrected chi connectivity index (χ4v) is 6.02. The topological polar surface area (TPSA) is 139 Å². The van der Waals surface area contributed by atoms with Crippen LogP contribution >= 0.6 is 0 Å². The molecule has 0 radical (unpaired) electrons. The van der Waals surface area contributed by atoms with Gasteiger partial charge in [-0.15, -0.1) is 0 Å². The van der Waals surface area contributed by atoms with Crippen molar-refractivity contribution in [1.29, 1.82) is 0 Å². The SMILES string of the molecule is CC(C)C1NC(=O)C(C)(C2CCOC2)/C=C/c2ccc3ccc(nc3c2)[C@@H](C)OC(=O)[C@@H]2CCCN(N2)C(=O)[C@H](C)NC1=O. The lowest BCUT2D eigenvalue weighted by molar-refractivity contribution is -0.157. The van der Waals surface area contributed by atoms with Crippen LogP contribution in [0.3, 0.4) is 0 Å². The van der Waals surface area contributed by atoms with Gasteiger partial charge < -0.3 is 20.1 Å². The minimum Gasteiger partial charge on any atom is -0.455 e. The molecule has 5 rings (SSSR count). The Morgan fingerprint density at radius 3 is 2.55 bits per heavy atom. The maximum Gasteiger partial charge on any atom is 0.325 e. The summed E-state index contributed by atoms with van der Waals surface area (Å²) in [5.41, 5.74) is 4.21. The van der Waals surface area contributed by atoms with Crippen molar-refractivity contribution in [2.75, 3.05) is 19.8 Å². The van der Waals surface area contributed by atoms with Crippen LogP contribution in [0.1, 0.15) is 71.2 Å². The van der Waals surface area contributed by atoms with Gasteiger partial charge >= 0.3 is 5.97 Å². The first kappa shape index (κ1) is 31.6. The van der Waals surface area contributed by atoms with Crippen LogP contribution < -0.4 is 16.1 Å². The summed E-state index contributed by atoms with van der Waals surface area (Å²) in [5, 5.41) is 8.08. The van der Waals surface area contributed by atoms with E-state index in [0.717, 1.165) is 16.5 Å². The van der Waals surface area contributed by atoms with E-state index >= 15 is 0 Å². The van der Waals surface area contributed by atoms with Gasteiger partial charge in [-0.3, -0.25) is 24.2 Å². The van der Waals surface area contributed by atoms with Gasteiger partial charge in [0, 0.05) is 24.5 Å². The predicted molar refractivity (Wildman–Crippen MR) is 165 cm³/mol. The van der Waals surface area contributed by atoms with Gasteiger partial charge in [-0.1, -0.05) is 44.2 Å². The maximum atomic E-state index is 14.0. The minimum atomic E-state index is -0.968. The fraction of sp³-hybridized carbons (Fsp3) is 0.545. The van der Waals surface area contributed by atoms with Crippen molar-refractivity contribution < 1.29 is 28.7 Å². The number of cyclic esters (lactones) is 1. The van der Waals surface area contributed by atoms with Crippen LogP contribution in [0.5, 0.6) is 0 Å². The average molecular weight is 606 g/mol. The van der Waals surface area contributed by atoms with E-state index in [9.17, 15) is 19.2 Å². The quantitative estimate of drug-likeness (QED) is 0.444. The van der Waals surface area contributed by atoms with Gasteiger partial charge in [0.2, 0.25) is 11.8 Å². The number of ether oxygens (including phenoxy) is 2. The van der Waals surface area contributed by atoms with Gasteiger partial charge in [-0.25, -0.2) is 10.4 Å². The number of esters is 1. The number of carbonyl (C=O) groups excluding carboxylic acids is 4. The van der Waals surface area contributed by atoms with Crippen molar-refractivity contribution in [2.24, 2.45) is 17.3 Å². The summed E-state index contributed by atoms with van der Waals surface area (Å²) in [7, 11) is 0. The number of nitrogens with zero attached hydrogens (tertiary/aromatic N) is 2. The first-order chi connectivity index (χ1) is 21.0. The molecule has 4 heterocycles. The van der Waals surface area contributed by atoms with Gasteiger partial charge in [-0.05, 0) is 63.6 Å². The molecular formula is C33H43N5O6. The molecule has 11 heteroatoms. The number of pyridine rings is 1. The van der Waals surface area contributed by atoms with Crippen LogP contribution in [0.25, 0.3) is 17.0 Å². The van der Waals surface area contributed by atoms with Crippen molar-refractivity contribution in [3.8, 4) is 0 Å². The normalized spacial score (nSPS) is 31.5. The van der Waals surface area contributed by atoms with E-state index in [-0.39, 0.29) is 23.7 Å². The summed E-state index contributed by atoms with van der Waals surface area (Å²) in [6.07, 6.45) is 4.98. The molecule has 3 amide bonds. The van der Waals surface area contributed by atoms with E-state index in [1.54, 1.807) is 13.8 Å². The number of fused-ring (bicyclic) bond motifs is 4. The Morgan fingerprint density at radius 1 is 1.05 bits per heavy atom. The average Bonchev–Trinajstić information content (AvgIpc) is 3.57. The Hall–Kier alpha value is -3.83. The largest absolute Gasteiger partial charge is 0.455 e. The highest BCUT2D eigenvalue weighted by Gasteiger charge is 2.43. The Labute approximate surface area is 258 Å². The molecule has 3 aliphatic rings. The third-order valence-corrected chi connectivity index (χ3v) is 9.04. The lowest BCUT2D eigenvalue weighted by atomic mass is 9.74. The van der Waals surface area contributed by atoms with E-state index in [1.807, 2.05) is 63.3 Å². The van der Waals surface area contributed by atoms with E-state index < -0.39 is 41.5 Å². The second-order valence-electron chi connectivity index (χ2n) is 12.7. The van der Waals surface area contributed by atoms with Crippen molar-refractivity contribution in [3.05, 3.63) is 47.7 Å². The molecule has 0 spiro atoms. The van der Waals surface area contributed by atoms with E-state index in [4.69, 9.17) is 14.5 Å². The van der Waals surface area contributed by atoms with Gasteiger partial charge in [0.1, 0.15) is 24.2 Å². The Bertz CT molecular complexity index is 1450. The minimum absolute atomic E-state index is 0.0874. The number of rotatable bonds is 2.